The molecule has 1 aliphatic heterocycles. The second-order valence-electron chi connectivity index (χ2n) is 5.47. The number of nitrogens with one attached hydrogen (secondary N) is 1. The number of hydrogen-bond acceptors (Lipinski definition) is 3. The minimum atomic E-state index is -0.0748. The minimum absolute atomic E-state index is 0.0748. The van der Waals surface area contributed by atoms with E-state index in [1.54, 1.807) is 0 Å². The summed E-state index contributed by atoms with van der Waals surface area (Å²) in [5.41, 5.74) is 2.54. The zero-order valence-corrected chi connectivity index (χ0v) is 10.0. The molecule has 0 saturated carbocycles. The normalized spacial score (nSPS) is 23.1. The van der Waals surface area contributed by atoms with Crippen LogP contribution in [0, 0.1) is 11.3 Å². The molecule has 0 aromatic rings. The zero-order chi connectivity index (χ0) is 11.5. The Balaban J connectivity index is 2.28. The van der Waals surface area contributed by atoms with Crippen molar-refractivity contribution in [1.82, 2.24) is 10.3 Å². The van der Waals surface area contributed by atoms with E-state index in [1.807, 2.05) is 0 Å². The van der Waals surface area contributed by atoms with Gasteiger partial charge in [-0.25, -0.2) is 5.84 Å². The smallest absolute Gasteiger partial charge is 0.235 e. The summed E-state index contributed by atoms with van der Waals surface area (Å²) in [6.45, 7) is 9.91. The largest absolute Gasteiger partial charge is 0.303 e. The van der Waals surface area contributed by atoms with Crippen LogP contribution >= 0.6 is 0 Å². The van der Waals surface area contributed by atoms with Crippen LogP contribution in [-0.2, 0) is 4.79 Å². The van der Waals surface area contributed by atoms with E-state index in [9.17, 15) is 4.79 Å². The number of hydrogen-bond donors (Lipinski definition) is 2. The molecule has 0 aromatic heterocycles. The highest BCUT2D eigenvalue weighted by atomic mass is 16.2. The van der Waals surface area contributed by atoms with Crippen molar-refractivity contribution in [2.75, 3.05) is 19.6 Å². The predicted octanol–water partition coefficient (Wildman–Crippen LogP) is 0.734. The van der Waals surface area contributed by atoms with Gasteiger partial charge < -0.3 is 4.90 Å². The van der Waals surface area contributed by atoms with Crippen LogP contribution in [0.2, 0.25) is 0 Å². The average Bonchev–Trinajstić information content (AvgIpc) is 2.61. The molecule has 15 heavy (non-hydrogen) atoms. The van der Waals surface area contributed by atoms with Crippen molar-refractivity contribution in [1.29, 1.82) is 0 Å². The summed E-state index contributed by atoms with van der Waals surface area (Å²) in [5, 5.41) is 0. The lowest BCUT2D eigenvalue weighted by Gasteiger charge is -2.27. The summed E-state index contributed by atoms with van der Waals surface area (Å²) in [6.07, 6.45) is 1.75. The van der Waals surface area contributed by atoms with E-state index in [1.165, 1.54) is 6.42 Å². The summed E-state index contributed by atoms with van der Waals surface area (Å²) in [6, 6.07) is 0. The van der Waals surface area contributed by atoms with Gasteiger partial charge in [0.1, 0.15) is 0 Å². The monoisotopic (exact) mass is 213 g/mol. The maximum absolute atomic E-state index is 11.0. The molecule has 1 fully saturated rings. The van der Waals surface area contributed by atoms with Crippen LogP contribution in [0.15, 0.2) is 0 Å². The van der Waals surface area contributed by atoms with Gasteiger partial charge in [0.25, 0.3) is 0 Å². The zero-order valence-electron chi connectivity index (χ0n) is 10.0. The van der Waals surface area contributed by atoms with Crippen LogP contribution in [0.1, 0.15) is 33.6 Å². The summed E-state index contributed by atoms with van der Waals surface area (Å²) in [4.78, 5) is 13.3. The first kappa shape index (κ1) is 12.5. The van der Waals surface area contributed by atoms with Crippen molar-refractivity contribution in [3.8, 4) is 0 Å². The molecule has 0 radical (unpaired) electrons. The van der Waals surface area contributed by atoms with Crippen LogP contribution in [0.3, 0.4) is 0 Å². The number of amides is 1. The summed E-state index contributed by atoms with van der Waals surface area (Å²) < 4.78 is 0. The Hall–Kier alpha value is -0.610. The summed E-state index contributed by atoms with van der Waals surface area (Å²) >= 11 is 0. The molecule has 1 unspecified atom stereocenters. The highest BCUT2D eigenvalue weighted by molar-refractivity contribution is 5.75. The Labute approximate surface area is 92.2 Å². The van der Waals surface area contributed by atoms with Gasteiger partial charge in [-0.05, 0) is 24.3 Å². The van der Waals surface area contributed by atoms with Gasteiger partial charge >= 0.3 is 0 Å². The lowest BCUT2D eigenvalue weighted by molar-refractivity contribution is -0.121. The molecule has 0 aliphatic carbocycles. The molecule has 1 saturated heterocycles. The Morgan fingerprint density at radius 3 is 2.67 bits per heavy atom. The SMILES string of the molecule is CC(C)(C)C1CCN(CCC(=O)NN)C1. The van der Waals surface area contributed by atoms with Gasteiger partial charge in [0.15, 0.2) is 0 Å². The third-order valence-corrected chi connectivity index (χ3v) is 3.31. The molecule has 4 heteroatoms. The van der Waals surface area contributed by atoms with Crippen molar-refractivity contribution in [3.05, 3.63) is 0 Å². The topological polar surface area (TPSA) is 58.4 Å². The van der Waals surface area contributed by atoms with Crippen molar-refractivity contribution < 1.29 is 4.79 Å². The standard InChI is InChI=1S/C11H23N3O/c1-11(2,3)9-4-6-14(8-9)7-5-10(15)13-12/h9H,4-8,12H2,1-3H3,(H,13,15). The first-order valence-electron chi connectivity index (χ1n) is 5.65. The van der Waals surface area contributed by atoms with Crippen molar-refractivity contribution >= 4 is 5.91 Å². The maximum Gasteiger partial charge on any atom is 0.235 e. The number of carbonyl (C=O) groups is 1. The fourth-order valence-electron chi connectivity index (χ4n) is 2.07. The molecule has 1 rings (SSSR count). The first-order valence-corrected chi connectivity index (χ1v) is 5.65. The molecule has 0 aromatic carbocycles. The second-order valence-corrected chi connectivity index (χ2v) is 5.47. The Kier molecular flexibility index (Phi) is 4.11. The highest BCUT2D eigenvalue weighted by Gasteiger charge is 2.31. The van der Waals surface area contributed by atoms with Gasteiger partial charge in [-0.3, -0.25) is 10.2 Å². The average molecular weight is 213 g/mol. The molecular weight excluding hydrogens is 190 g/mol. The molecule has 1 heterocycles. The summed E-state index contributed by atoms with van der Waals surface area (Å²) in [7, 11) is 0. The van der Waals surface area contributed by atoms with Gasteiger partial charge in [-0.1, -0.05) is 20.8 Å². The van der Waals surface area contributed by atoms with E-state index < -0.39 is 0 Å². The van der Waals surface area contributed by atoms with Crippen LogP contribution in [-0.4, -0.2) is 30.4 Å². The van der Waals surface area contributed by atoms with Gasteiger partial charge in [0, 0.05) is 19.5 Å². The quantitative estimate of drug-likeness (QED) is 0.413. The fourth-order valence-corrected chi connectivity index (χ4v) is 2.07. The van der Waals surface area contributed by atoms with E-state index in [-0.39, 0.29) is 5.91 Å². The van der Waals surface area contributed by atoms with E-state index >= 15 is 0 Å². The highest BCUT2D eigenvalue weighted by Crippen LogP contribution is 2.33. The number of nitrogens with zero attached hydrogens (tertiary/aromatic N) is 1. The number of hydrazine groups is 1. The van der Waals surface area contributed by atoms with Gasteiger partial charge in [0.05, 0.1) is 0 Å². The van der Waals surface area contributed by atoms with E-state index in [0.29, 0.717) is 11.8 Å². The molecule has 4 nitrogen and oxygen atoms in total. The van der Waals surface area contributed by atoms with Gasteiger partial charge in [-0.2, -0.15) is 0 Å². The second kappa shape index (κ2) is 4.94. The maximum atomic E-state index is 11.0. The van der Waals surface area contributed by atoms with Crippen LogP contribution in [0.4, 0.5) is 0 Å². The van der Waals surface area contributed by atoms with Crippen LogP contribution in [0.5, 0.6) is 0 Å². The number of carbonyl (C=O) groups excluding carboxylic acids is 1. The number of likely N-dealkylation sites (tertiary alicyclic amines) is 1. The molecule has 1 aliphatic rings. The first-order chi connectivity index (χ1) is 6.93. The van der Waals surface area contributed by atoms with Gasteiger partial charge in [0.2, 0.25) is 5.91 Å². The summed E-state index contributed by atoms with van der Waals surface area (Å²) in [5.74, 6) is 5.71. The van der Waals surface area contributed by atoms with Crippen molar-refractivity contribution in [3.63, 3.8) is 0 Å². The van der Waals surface area contributed by atoms with E-state index in [2.05, 4.69) is 31.1 Å². The Morgan fingerprint density at radius 1 is 1.53 bits per heavy atom. The molecule has 0 bridgehead atoms. The van der Waals surface area contributed by atoms with Crippen molar-refractivity contribution in [2.24, 2.45) is 17.2 Å². The number of rotatable bonds is 3. The lowest BCUT2D eigenvalue weighted by Crippen LogP contribution is -2.34. The molecule has 0 spiro atoms. The lowest BCUT2D eigenvalue weighted by atomic mass is 9.80. The third kappa shape index (κ3) is 3.80. The molecule has 3 N–H and O–H groups in total. The fraction of sp³-hybridized carbons (Fsp3) is 0.909. The van der Waals surface area contributed by atoms with Gasteiger partial charge in [-0.15, -0.1) is 0 Å². The number of nitrogens with two attached hydrogens (primary N) is 1. The van der Waals surface area contributed by atoms with Crippen LogP contribution < -0.4 is 11.3 Å². The Bertz CT molecular complexity index is 222. The Morgan fingerprint density at radius 2 is 2.20 bits per heavy atom. The minimum Gasteiger partial charge on any atom is -0.303 e. The predicted molar refractivity (Wildman–Crippen MR) is 60.9 cm³/mol. The molecule has 88 valence electrons. The van der Waals surface area contributed by atoms with E-state index in [4.69, 9.17) is 5.84 Å². The molecular formula is C11H23N3O. The van der Waals surface area contributed by atoms with Crippen LogP contribution in [0.25, 0.3) is 0 Å². The molecule has 1 amide bonds. The van der Waals surface area contributed by atoms with Crippen molar-refractivity contribution in [2.45, 2.75) is 33.6 Å². The van der Waals surface area contributed by atoms with E-state index in [0.717, 1.165) is 25.6 Å². The molecule has 1 atom stereocenters. The third-order valence-electron chi connectivity index (χ3n) is 3.31.